The number of hydrogen-bond donors (Lipinski definition) is 0. The fraction of sp³-hybridized carbons (Fsp3) is 0.292. The molecule has 3 aromatic carbocycles. The third-order valence-corrected chi connectivity index (χ3v) is 5.85. The molecule has 0 aliphatic heterocycles. The first-order valence-electron chi connectivity index (χ1n) is 10.2. The van der Waals surface area contributed by atoms with Crippen molar-refractivity contribution in [3.63, 3.8) is 0 Å². The van der Waals surface area contributed by atoms with Crippen LogP contribution >= 0.6 is 0 Å². The lowest BCUT2D eigenvalue weighted by molar-refractivity contribution is 0.0732. The molecule has 0 aromatic heterocycles. The fourth-order valence-corrected chi connectivity index (χ4v) is 4.77. The molecule has 0 heterocycles. The SMILES string of the molecule is Cc1ccc2c(O[Si](C)(C)C)c(C(=O)Oc3ccccc3)cc(O[Si](C)(C)C)c2c1. The Morgan fingerprint density at radius 3 is 2.00 bits per heavy atom. The Morgan fingerprint density at radius 1 is 0.767 bits per heavy atom. The average molecular weight is 439 g/mol. The predicted molar refractivity (Wildman–Crippen MR) is 128 cm³/mol. The third kappa shape index (κ3) is 5.52. The van der Waals surface area contributed by atoms with Crippen molar-refractivity contribution < 1.29 is 18.4 Å². The lowest BCUT2D eigenvalue weighted by Crippen LogP contribution is -2.31. The molecule has 0 N–H and O–H groups in total. The predicted octanol–water partition coefficient (Wildman–Crippen LogP) is 6.79. The van der Waals surface area contributed by atoms with E-state index in [4.69, 9.17) is 13.6 Å². The summed E-state index contributed by atoms with van der Waals surface area (Å²) in [6.45, 7) is 14.7. The molecule has 158 valence electrons. The largest absolute Gasteiger partial charge is 0.544 e. The summed E-state index contributed by atoms with van der Waals surface area (Å²) >= 11 is 0. The summed E-state index contributed by atoms with van der Waals surface area (Å²) in [5.74, 6) is 1.33. The average Bonchev–Trinajstić information content (AvgIpc) is 2.62. The van der Waals surface area contributed by atoms with Gasteiger partial charge in [-0.05, 0) is 70.5 Å². The van der Waals surface area contributed by atoms with Crippen molar-refractivity contribution in [2.24, 2.45) is 0 Å². The molecule has 6 heteroatoms. The molecule has 0 unspecified atom stereocenters. The summed E-state index contributed by atoms with van der Waals surface area (Å²) in [5.41, 5.74) is 1.52. The van der Waals surface area contributed by atoms with Gasteiger partial charge in [0.25, 0.3) is 0 Å². The Labute approximate surface area is 181 Å². The van der Waals surface area contributed by atoms with Crippen molar-refractivity contribution in [3.05, 3.63) is 65.7 Å². The van der Waals surface area contributed by atoms with Crippen molar-refractivity contribution in [1.82, 2.24) is 0 Å². The maximum absolute atomic E-state index is 13.2. The standard InChI is InChI=1S/C24H30O4Si2/c1-17-13-14-19-20(15-17)22(27-29(2,3)4)16-21(23(19)28-30(5,6)7)24(25)26-18-11-9-8-10-12-18/h8-16H,1-7H3. The minimum Gasteiger partial charge on any atom is -0.544 e. The number of carbonyl (C=O) groups excluding carboxylic acids is 1. The summed E-state index contributed by atoms with van der Waals surface area (Å²) in [6, 6.07) is 17.0. The number of hydrogen-bond acceptors (Lipinski definition) is 4. The van der Waals surface area contributed by atoms with E-state index in [1.165, 1.54) is 0 Å². The van der Waals surface area contributed by atoms with Gasteiger partial charge in [-0.25, -0.2) is 4.79 Å². The fourth-order valence-electron chi connectivity index (χ4n) is 3.11. The van der Waals surface area contributed by atoms with Crippen LogP contribution in [-0.2, 0) is 0 Å². The molecule has 3 aromatic rings. The van der Waals surface area contributed by atoms with Gasteiger partial charge >= 0.3 is 5.97 Å². The van der Waals surface area contributed by atoms with Crippen LogP contribution in [0.4, 0.5) is 0 Å². The first-order valence-corrected chi connectivity index (χ1v) is 17.0. The second-order valence-electron chi connectivity index (χ2n) is 9.43. The topological polar surface area (TPSA) is 44.8 Å². The van der Waals surface area contributed by atoms with Crippen LogP contribution in [0, 0.1) is 6.92 Å². The van der Waals surface area contributed by atoms with E-state index in [1.807, 2.05) is 37.3 Å². The Kier molecular flexibility index (Phi) is 6.10. The molecule has 0 atom stereocenters. The Hall–Kier alpha value is -2.58. The van der Waals surface area contributed by atoms with Gasteiger partial charge in [0.1, 0.15) is 22.8 Å². The van der Waals surface area contributed by atoms with Gasteiger partial charge in [0.2, 0.25) is 16.6 Å². The zero-order chi connectivity index (χ0) is 22.1. The van der Waals surface area contributed by atoms with E-state index in [0.717, 1.165) is 16.3 Å². The van der Waals surface area contributed by atoms with Crippen LogP contribution in [0.3, 0.4) is 0 Å². The number of fused-ring (bicyclic) bond motifs is 1. The van der Waals surface area contributed by atoms with Gasteiger partial charge in [0.05, 0.1) is 0 Å². The normalized spacial score (nSPS) is 12.0. The van der Waals surface area contributed by atoms with Crippen LogP contribution in [0.25, 0.3) is 10.8 Å². The summed E-state index contributed by atoms with van der Waals surface area (Å²) in [6.07, 6.45) is 0. The molecule has 3 rings (SSSR count). The first-order chi connectivity index (χ1) is 13.9. The van der Waals surface area contributed by atoms with E-state index in [9.17, 15) is 4.79 Å². The molecule has 0 fully saturated rings. The maximum Gasteiger partial charge on any atom is 0.347 e. The molecule has 0 amide bonds. The van der Waals surface area contributed by atoms with Crippen LogP contribution in [0.15, 0.2) is 54.6 Å². The van der Waals surface area contributed by atoms with Crippen LogP contribution in [-0.4, -0.2) is 22.6 Å². The van der Waals surface area contributed by atoms with E-state index in [1.54, 1.807) is 18.2 Å². The van der Waals surface area contributed by atoms with Crippen LogP contribution in [0.2, 0.25) is 39.3 Å². The molecular weight excluding hydrogens is 408 g/mol. The van der Waals surface area contributed by atoms with Gasteiger partial charge in [0, 0.05) is 10.8 Å². The Balaban J connectivity index is 2.23. The van der Waals surface area contributed by atoms with E-state index < -0.39 is 22.6 Å². The molecule has 0 aliphatic rings. The highest BCUT2D eigenvalue weighted by atomic mass is 28.4. The van der Waals surface area contributed by atoms with Gasteiger partial charge in [0.15, 0.2) is 0 Å². The molecule has 0 saturated heterocycles. The molecule has 0 radical (unpaired) electrons. The van der Waals surface area contributed by atoms with Crippen molar-refractivity contribution >= 4 is 33.4 Å². The van der Waals surface area contributed by atoms with E-state index in [2.05, 4.69) is 45.3 Å². The number of para-hydroxylation sites is 1. The Morgan fingerprint density at radius 2 is 1.40 bits per heavy atom. The van der Waals surface area contributed by atoms with Crippen molar-refractivity contribution in [3.8, 4) is 17.2 Å². The van der Waals surface area contributed by atoms with Crippen LogP contribution in [0.1, 0.15) is 15.9 Å². The molecule has 0 bridgehead atoms. The highest BCUT2D eigenvalue weighted by molar-refractivity contribution is 6.71. The summed E-state index contributed by atoms with van der Waals surface area (Å²) in [7, 11) is -3.92. The number of aryl methyl sites for hydroxylation is 1. The summed E-state index contributed by atoms with van der Waals surface area (Å²) < 4.78 is 18.5. The monoisotopic (exact) mass is 438 g/mol. The van der Waals surface area contributed by atoms with Gasteiger partial charge in [-0.2, -0.15) is 0 Å². The van der Waals surface area contributed by atoms with Crippen molar-refractivity contribution in [2.45, 2.75) is 46.2 Å². The minimum atomic E-state index is -2.00. The van der Waals surface area contributed by atoms with Crippen molar-refractivity contribution in [2.75, 3.05) is 0 Å². The number of esters is 1. The highest BCUT2D eigenvalue weighted by Crippen LogP contribution is 2.40. The zero-order valence-electron chi connectivity index (χ0n) is 18.8. The lowest BCUT2D eigenvalue weighted by atomic mass is 10.0. The van der Waals surface area contributed by atoms with Crippen LogP contribution in [0.5, 0.6) is 17.2 Å². The molecule has 0 spiro atoms. The quantitative estimate of drug-likeness (QED) is 0.241. The highest BCUT2D eigenvalue weighted by Gasteiger charge is 2.27. The second-order valence-corrected chi connectivity index (χ2v) is 18.3. The molecule has 0 saturated carbocycles. The van der Waals surface area contributed by atoms with Gasteiger partial charge in [-0.15, -0.1) is 0 Å². The van der Waals surface area contributed by atoms with Gasteiger partial charge < -0.3 is 13.6 Å². The smallest absolute Gasteiger partial charge is 0.347 e. The third-order valence-electron chi connectivity index (χ3n) is 4.20. The summed E-state index contributed by atoms with van der Waals surface area (Å²) in [4.78, 5) is 13.2. The number of ether oxygens (including phenoxy) is 1. The minimum absolute atomic E-state index is 0.394. The molecule has 30 heavy (non-hydrogen) atoms. The second kappa shape index (κ2) is 8.28. The number of benzene rings is 3. The molecule has 0 aliphatic carbocycles. The summed E-state index contributed by atoms with van der Waals surface area (Å²) in [5, 5.41) is 1.83. The van der Waals surface area contributed by atoms with E-state index in [-0.39, 0.29) is 0 Å². The van der Waals surface area contributed by atoms with Crippen molar-refractivity contribution in [1.29, 1.82) is 0 Å². The Bertz CT molecular complexity index is 1060. The van der Waals surface area contributed by atoms with E-state index >= 15 is 0 Å². The first kappa shape index (κ1) is 22.1. The molecule has 4 nitrogen and oxygen atoms in total. The zero-order valence-corrected chi connectivity index (χ0v) is 20.8. The van der Waals surface area contributed by atoms with Gasteiger partial charge in [-0.1, -0.05) is 35.9 Å². The van der Waals surface area contributed by atoms with Crippen LogP contribution < -0.4 is 13.6 Å². The van der Waals surface area contributed by atoms with E-state index in [0.29, 0.717) is 22.8 Å². The lowest BCUT2D eigenvalue weighted by Gasteiger charge is -2.26. The maximum atomic E-state index is 13.2. The van der Waals surface area contributed by atoms with Gasteiger partial charge in [-0.3, -0.25) is 0 Å². The number of carbonyl (C=O) groups is 1. The number of rotatable bonds is 6. The molecular formula is C24H30O4Si2.